The fourth-order valence-corrected chi connectivity index (χ4v) is 5.00. The molecule has 0 unspecified atom stereocenters. The first kappa shape index (κ1) is 19.4. The third kappa shape index (κ3) is 3.86. The van der Waals surface area contributed by atoms with Crippen molar-refractivity contribution in [3.63, 3.8) is 0 Å². The van der Waals surface area contributed by atoms with Gasteiger partial charge in [-0.15, -0.1) is 11.3 Å². The lowest BCUT2D eigenvalue weighted by Crippen LogP contribution is -2.21. The van der Waals surface area contributed by atoms with E-state index in [1.54, 1.807) is 31.6 Å². The molecule has 1 aromatic carbocycles. The molecule has 0 fully saturated rings. The zero-order chi connectivity index (χ0) is 19.6. The van der Waals surface area contributed by atoms with Gasteiger partial charge in [-0.1, -0.05) is 11.3 Å². The molecular weight excluding hydrogens is 382 g/mol. The zero-order valence-corrected chi connectivity index (χ0v) is 17.7. The molecule has 1 amide bonds. The molecule has 1 N–H and O–H groups in total. The van der Waals surface area contributed by atoms with Crippen LogP contribution in [-0.4, -0.2) is 38.2 Å². The number of ether oxygens (including phenoxy) is 2. The molecule has 6 nitrogen and oxygen atoms in total. The van der Waals surface area contributed by atoms with Crippen LogP contribution in [0.3, 0.4) is 0 Å². The normalized spacial score (nSPS) is 10.9. The summed E-state index contributed by atoms with van der Waals surface area (Å²) in [6.45, 7) is 7.99. The maximum absolute atomic E-state index is 12.7. The summed E-state index contributed by atoms with van der Waals surface area (Å²) >= 11 is 3.03. The highest BCUT2D eigenvalue weighted by molar-refractivity contribution is 7.29. The summed E-state index contributed by atoms with van der Waals surface area (Å²) in [7, 11) is 3.17. The van der Waals surface area contributed by atoms with E-state index in [2.05, 4.69) is 29.0 Å². The second-order valence-electron chi connectivity index (χ2n) is 5.93. The van der Waals surface area contributed by atoms with Gasteiger partial charge < -0.3 is 19.7 Å². The molecule has 0 saturated carbocycles. The average molecular weight is 406 g/mol. The minimum absolute atomic E-state index is 0.148. The number of aryl methyl sites for hydroxylation is 1. The molecule has 2 heterocycles. The monoisotopic (exact) mass is 405 g/mol. The Balaban J connectivity index is 1.83. The summed E-state index contributed by atoms with van der Waals surface area (Å²) in [6, 6.07) is 5.54. The lowest BCUT2D eigenvalue weighted by Gasteiger charge is -2.16. The molecule has 0 aliphatic rings. The van der Waals surface area contributed by atoms with Crippen molar-refractivity contribution in [2.75, 3.05) is 37.5 Å². The predicted molar refractivity (Wildman–Crippen MR) is 113 cm³/mol. The SMILES string of the molecule is CCN(CC)c1nc2sc(C(=O)Nc3cc(OC)c(OC)cc3C)cc2s1. The molecule has 0 aliphatic heterocycles. The van der Waals surface area contributed by atoms with Crippen molar-refractivity contribution in [2.45, 2.75) is 20.8 Å². The van der Waals surface area contributed by atoms with Gasteiger partial charge >= 0.3 is 0 Å². The lowest BCUT2D eigenvalue weighted by molar-refractivity contribution is 0.103. The number of carbonyl (C=O) groups is 1. The van der Waals surface area contributed by atoms with E-state index in [0.717, 1.165) is 33.3 Å². The molecule has 0 spiro atoms. The molecule has 0 bridgehead atoms. The molecule has 0 saturated heterocycles. The second kappa shape index (κ2) is 8.14. The van der Waals surface area contributed by atoms with Crippen LogP contribution < -0.4 is 19.7 Å². The molecule has 0 aliphatic carbocycles. The van der Waals surface area contributed by atoms with Gasteiger partial charge in [-0.25, -0.2) is 4.98 Å². The molecule has 3 aromatic rings. The van der Waals surface area contributed by atoms with E-state index >= 15 is 0 Å². The number of anilines is 2. The Morgan fingerprint density at radius 2 is 1.78 bits per heavy atom. The van der Waals surface area contributed by atoms with Crippen molar-refractivity contribution in [2.24, 2.45) is 0 Å². The molecule has 0 radical (unpaired) electrons. The first-order valence-corrected chi connectivity index (χ1v) is 10.3. The van der Waals surface area contributed by atoms with Crippen LogP contribution in [0.2, 0.25) is 0 Å². The van der Waals surface area contributed by atoms with Crippen LogP contribution in [0.1, 0.15) is 29.1 Å². The second-order valence-corrected chi connectivity index (χ2v) is 7.96. The van der Waals surface area contributed by atoms with E-state index in [4.69, 9.17) is 9.47 Å². The van der Waals surface area contributed by atoms with Gasteiger partial charge in [-0.3, -0.25) is 4.79 Å². The molecule has 2 aromatic heterocycles. The Bertz CT molecular complexity index is 929. The van der Waals surface area contributed by atoms with Gasteiger partial charge in [0, 0.05) is 24.8 Å². The third-order valence-electron chi connectivity index (χ3n) is 4.31. The smallest absolute Gasteiger partial charge is 0.265 e. The number of amides is 1. The van der Waals surface area contributed by atoms with E-state index in [9.17, 15) is 4.79 Å². The fourth-order valence-electron chi connectivity index (χ4n) is 2.76. The largest absolute Gasteiger partial charge is 0.493 e. The minimum atomic E-state index is -0.148. The Morgan fingerprint density at radius 1 is 1.11 bits per heavy atom. The maximum Gasteiger partial charge on any atom is 0.265 e. The van der Waals surface area contributed by atoms with Crippen LogP contribution in [0.25, 0.3) is 9.53 Å². The van der Waals surface area contributed by atoms with Crippen molar-refractivity contribution in [3.05, 3.63) is 28.6 Å². The van der Waals surface area contributed by atoms with E-state index in [1.165, 1.54) is 11.3 Å². The number of thiazole rings is 1. The molecule has 8 heteroatoms. The number of hydrogen-bond donors (Lipinski definition) is 1. The molecular formula is C19H23N3O3S2. The number of fused-ring (bicyclic) bond motifs is 1. The van der Waals surface area contributed by atoms with Crippen molar-refractivity contribution < 1.29 is 14.3 Å². The van der Waals surface area contributed by atoms with Gasteiger partial charge in [0.15, 0.2) is 16.6 Å². The highest BCUT2D eigenvalue weighted by Gasteiger charge is 2.17. The summed E-state index contributed by atoms with van der Waals surface area (Å²) < 4.78 is 11.7. The minimum Gasteiger partial charge on any atom is -0.493 e. The summed E-state index contributed by atoms with van der Waals surface area (Å²) in [4.78, 5) is 21.1. The first-order valence-electron chi connectivity index (χ1n) is 8.69. The molecule has 0 atom stereocenters. The lowest BCUT2D eigenvalue weighted by atomic mass is 10.1. The van der Waals surface area contributed by atoms with Crippen molar-refractivity contribution in [3.8, 4) is 11.5 Å². The summed E-state index contributed by atoms with van der Waals surface area (Å²) in [5.74, 6) is 1.07. The summed E-state index contributed by atoms with van der Waals surface area (Å²) in [5, 5.41) is 3.97. The van der Waals surface area contributed by atoms with E-state index in [1.807, 2.05) is 19.1 Å². The van der Waals surface area contributed by atoms with Crippen LogP contribution >= 0.6 is 22.7 Å². The standard InChI is InChI=1S/C19H23N3O3S2/c1-6-22(7-2)19-21-18-16(27-19)10-15(26-18)17(23)20-12-9-14(25-5)13(24-4)8-11(12)3/h8-10H,6-7H2,1-5H3,(H,20,23). The Morgan fingerprint density at radius 3 is 2.37 bits per heavy atom. The van der Waals surface area contributed by atoms with E-state index < -0.39 is 0 Å². The Hall–Kier alpha value is -2.32. The van der Waals surface area contributed by atoms with Crippen LogP contribution in [0, 0.1) is 6.92 Å². The number of nitrogens with zero attached hydrogens (tertiary/aromatic N) is 2. The number of methoxy groups -OCH3 is 2. The van der Waals surface area contributed by atoms with Gasteiger partial charge in [0.2, 0.25) is 0 Å². The van der Waals surface area contributed by atoms with Gasteiger partial charge in [0.1, 0.15) is 4.83 Å². The number of benzene rings is 1. The predicted octanol–water partition coefficient (Wildman–Crippen LogP) is 4.78. The Labute approximate surface area is 166 Å². The summed E-state index contributed by atoms with van der Waals surface area (Å²) in [5.41, 5.74) is 1.60. The molecule has 3 rings (SSSR count). The highest BCUT2D eigenvalue weighted by atomic mass is 32.1. The number of aromatic nitrogens is 1. The number of hydrogen-bond acceptors (Lipinski definition) is 7. The third-order valence-corrected chi connectivity index (χ3v) is 6.53. The van der Waals surface area contributed by atoms with Gasteiger partial charge in [-0.05, 0) is 38.5 Å². The number of rotatable bonds is 7. The van der Waals surface area contributed by atoms with Crippen LogP contribution in [-0.2, 0) is 0 Å². The quantitative estimate of drug-likeness (QED) is 0.613. The van der Waals surface area contributed by atoms with Gasteiger partial charge in [0.05, 0.1) is 23.8 Å². The van der Waals surface area contributed by atoms with Crippen LogP contribution in [0.5, 0.6) is 11.5 Å². The van der Waals surface area contributed by atoms with Crippen molar-refractivity contribution >= 4 is 48.9 Å². The fraction of sp³-hybridized carbons (Fsp3) is 0.368. The number of nitrogens with one attached hydrogen (secondary N) is 1. The topological polar surface area (TPSA) is 63.7 Å². The maximum atomic E-state index is 12.7. The molecule has 27 heavy (non-hydrogen) atoms. The van der Waals surface area contributed by atoms with Crippen molar-refractivity contribution in [1.29, 1.82) is 0 Å². The van der Waals surface area contributed by atoms with E-state index in [0.29, 0.717) is 22.1 Å². The van der Waals surface area contributed by atoms with E-state index in [-0.39, 0.29) is 5.91 Å². The first-order chi connectivity index (χ1) is 13.0. The number of carbonyl (C=O) groups excluding carboxylic acids is 1. The van der Waals surface area contributed by atoms with Crippen molar-refractivity contribution in [1.82, 2.24) is 4.98 Å². The zero-order valence-electron chi connectivity index (χ0n) is 16.1. The van der Waals surface area contributed by atoms with Crippen LogP contribution in [0.4, 0.5) is 10.8 Å². The summed E-state index contributed by atoms with van der Waals surface area (Å²) in [6.07, 6.45) is 0. The number of thiophene rings is 1. The average Bonchev–Trinajstić information content (AvgIpc) is 3.23. The Kier molecular flexibility index (Phi) is 5.86. The molecule has 144 valence electrons. The van der Waals surface area contributed by atoms with Crippen LogP contribution in [0.15, 0.2) is 18.2 Å². The van der Waals surface area contributed by atoms with Gasteiger partial charge in [-0.2, -0.15) is 0 Å². The highest BCUT2D eigenvalue weighted by Crippen LogP contribution is 2.36. The van der Waals surface area contributed by atoms with Gasteiger partial charge in [0.25, 0.3) is 5.91 Å².